The van der Waals surface area contributed by atoms with Gasteiger partial charge in [-0.3, -0.25) is 0 Å². The molecule has 2 aromatic heterocycles. The Hall–Kier alpha value is -1.77. The lowest BCUT2D eigenvalue weighted by molar-refractivity contribution is 0.444. The molecule has 0 aliphatic heterocycles. The van der Waals surface area contributed by atoms with Crippen LogP contribution in [0.1, 0.15) is 21.0 Å². The lowest BCUT2D eigenvalue weighted by Crippen LogP contribution is -1.89. The van der Waals surface area contributed by atoms with Gasteiger partial charge in [-0.05, 0) is 37.6 Å². The minimum absolute atomic E-state index is 0.0139. The monoisotopic (exact) mass is 302 g/mol. The number of allylic oxidation sites excluding steroid dienone is 1. The number of aryl methyl sites for hydroxylation is 2. The highest BCUT2D eigenvalue weighted by Gasteiger charge is 2.06. The number of hydrogen-bond acceptors (Lipinski definition) is 5. The minimum Gasteiger partial charge on any atom is -0.493 e. The predicted octanol–water partition coefficient (Wildman–Crippen LogP) is 3.80. The summed E-state index contributed by atoms with van der Waals surface area (Å²) in [5, 5.41) is 10.0. The van der Waals surface area contributed by atoms with Crippen LogP contribution in [-0.4, -0.2) is 15.1 Å². The van der Waals surface area contributed by atoms with Gasteiger partial charge >= 0.3 is 0 Å². The zero-order valence-electron chi connectivity index (χ0n) is 11.3. The summed E-state index contributed by atoms with van der Waals surface area (Å²) in [5.74, 6) is 3.29. The number of nitrogens with zero attached hydrogens (tertiary/aromatic N) is 2. The van der Waals surface area contributed by atoms with Crippen molar-refractivity contribution < 1.29 is 5.11 Å². The Kier molecular flexibility index (Phi) is 4.83. The van der Waals surface area contributed by atoms with Gasteiger partial charge in [0.1, 0.15) is 0 Å². The second-order valence-electron chi connectivity index (χ2n) is 4.20. The zero-order chi connectivity index (χ0) is 14.5. The van der Waals surface area contributed by atoms with Crippen molar-refractivity contribution in [2.75, 3.05) is 0 Å². The third-order valence-corrected chi connectivity index (χ3v) is 4.78. The summed E-state index contributed by atoms with van der Waals surface area (Å²) < 4.78 is 0. The van der Waals surface area contributed by atoms with E-state index in [1.54, 1.807) is 23.5 Å². The van der Waals surface area contributed by atoms with Crippen LogP contribution in [-0.2, 0) is 5.75 Å². The number of rotatable bonds is 4. The molecule has 0 unspecified atom stereocenters. The van der Waals surface area contributed by atoms with E-state index in [9.17, 15) is 5.11 Å². The maximum Gasteiger partial charge on any atom is 0.215 e. The molecule has 0 amide bonds. The fourth-order valence-electron chi connectivity index (χ4n) is 1.65. The number of hydrogen-bond donors (Lipinski definition) is 1. The van der Waals surface area contributed by atoms with Crippen LogP contribution in [0.15, 0.2) is 23.4 Å². The van der Waals surface area contributed by atoms with Gasteiger partial charge in [-0.1, -0.05) is 17.7 Å². The SMILES string of the molecule is C#C/C=C\c1sc(CSc2nc(C)cc(O)n2)cc1C. The lowest BCUT2D eigenvalue weighted by atomic mass is 10.2. The van der Waals surface area contributed by atoms with Crippen LogP contribution < -0.4 is 0 Å². The van der Waals surface area contributed by atoms with Crippen LogP contribution in [0.25, 0.3) is 6.08 Å². The van der Waals surface area contributed by atoms with Crippen molar-refractivity contribution in [1.82, 2.24) is 9.97 Å². The topological polar surface area (TPSA) is 46.0 Å². The minimum atomic E-state index is 0.0139. The molecule has 0 bridgehead atoms. The van der Waals surface area contributed by atoms with Crippen LogP contribution >= 0.6 is 23.1 Å². The smallest absolute Gasteiger partial charge is 0.215 e. The van der Waals surface area contributed by atoms with Crippen LogP contribution in [0.4, 0.5) is 0 Å². The molecule has 0 atom stereocenters. The Morgan fingerprint density at radius 3 is 2.90 bits per heavy atom. The molecule has 2 rings (SSSR count). The maximum atomic E-state index is 9.45. The summed E-state index contributed by atoms with van der Waals surface area (Å²) in [6, 6.07) is 3.69. The molecule has 2 heterocycles. The first-order valence-corrected chi connectivity index (χ1v) is 7.78. The van der Waals surface area contributed by atoms with Crippen molar-refractivity contribution in [3.05, 3.63) is 39.2 Å². The molecule has 5 heteroatoms. The first-order chi connectivity index (χ1) is 9.58. The van der Waals surface area contributed by atoms with E-state index in [2.05, 4.69) is 28.9 Å². The van der Waals surface area contributed by atoms with Crippen LogP contribution in [0, 0.1) is 26.2 Å². The first kappa shape index (κ1) is 14.6. The van der Waals surface area contributed by atoms with Crippen molar-refractivity contribution in [1.29, 1.82) is 0 Å². The van der Waals surface area contributed by atoms with Crippen molar-refractivity contribution >= 4 is 29.2 Å². The van der Waals surface area contributed by atoms with Gasteiger partial charge in [-0.2, -0.15) is 4.98 Å². The Morgan fingerprint density at radius 1 is 1.40 bits per heavy atom. The molecule has 0 aliphatic rings. The molecule has 2 aromatic rings. The van der Waals surface area contributed by atoms with Crippen molar-refractivity contribution in [3.8, 4) is 18.2 Å². The molecule has 0 aliphatic carbocycles. The van der Waals surface area contributed by atoms with Gasteiger partial charge in [0.2, 0.25) is 5.88 Å². The Morgan fingerprint density at radius 2 is 2.20 bits per heavy atom. The number of terminal acetylenes is 1. The number of thiophene rings is 1. The van der Waals surface area contributed by atoms with Gasteiger partial charge in [-0.15, -0.1) is 17.8 Å². The van der Waals surface area contributed by atoms with Gasteiger partial charge < -0.3 is 5.11 Å². The standard InChI is InChI=1S/C15H14N2OS2/c1-4-5-6-13-10(2)7-12(20-13)9-19-15-16-11(3)8-14(18)17-15/h1,5-8H,9H2,2-3H3,(H,16,17,18)/b6-5-. The van der Waals surface area contributed by atoms with E-state index in [-0.39, 0.29) is 5.88 Å². The summed E-state index contributed by atoms with van der Waals surface area (Å²) >= 11 is 3.22. The summed E-state index contributed by atoms with van der Waals surface area (Å²) in [7, 11) is 0. The normalized spacial score (nSPS) is 10.8. The van der Waals surface area contributed by atoms with Crippen molar-refractivity contribution in [2.24, 2.45) is 0 Å². The van der Waals surface area contributed by atoms with E-state index in [4.69, 9.17) is 6.42 Å². The summed E-state index contributed by atoms with van der Waals surface area (Å²) in [5.41, 5.74) is 1.98. The Balaban J connectivity index is 2.07. The molecule has 0 saturated heterocycles. The lowest BCUT2D eigenvalue weighted by Gasteiger charge is -2.00. The van der Waals surface area contributed by atoms with Crippen molar-refractivity contribution in [3.63, 3.8) is 0 Å². The van der Waals surface area contributed by atoms with Crippen molar-refractivity contribution in [2.45, 2.75) is 24.8 Å². The quantitative estimate of drug-likeness (QED) is 0.530. The average Bonchev–Trinajstić information content (AvgIpc) is 2.73. The zero-order valence-corrected chi connectivity index (χ0v) is 12.9. The van der Waals surface area contributed by atoms with E-state index in [1.807, 2.05) is 13.0 Å². The molecule has 0 radical (unpaired) electrons. The van der Waals surface area contributed by atoms with Gasteiger partial charge in [0.15, 0.2) is 5.16 Å². The maximum absolute atomic E-state index is 9.45. The third-order valence-electron chi connectivity index (χ3n) is 2.50. The number of aromatic hydroxyl groups is 1. The van der Waals surface area contributed by atoms with Gasteiger partial charge in [0.05, 0.1) is 0 Å². The largest absolute Gasteiger partial charge is 0.493 e. The summed E-state index contributed by atoms with van der Waals surface area (Å²) in [6.45, 7) is 3.90. The molecule has 3 nitrogen and oxygen atoms in total. The molecule has 20 heavy (non-hydrogen) atoms. The molecule has 0 fully saturated rings. The molecule has 0 aromatic carbocycles. The predicted molar refractivity (Wildman–Crippen MR) is 84.9 cm³/mol. The fraction of sp³-hybridized carbons (Fsp3) is 0.200. The third kappa shape index (κ3) is 3.86. The summed E-state index contributed by atoms with van der Waals surface area (Å²) in [6.07, 6.45) is 8.87. The fourth-order valence-corrected chi connectivity index (χ4v) is 3.66. The molecule has 0 saturated carbocycles. The molecule has 102 valence electrons. The van der Waals surface area contributed by atoms with E-state index < -0.39 is 0 Å². The first-order valence-electron chi connectivity index (χ1n) is 5.98. The number of thioether (sulfide) groups is 1. The second kappa shape index (κ2) is 6.60. The molecule has 0 spiro atoms. The van der Waals surface area contributed by atoms with Crippen LogP contribution in [0.5, 0.6) is 5.88 Å². The highest BCUT2D eigenvalue weighted by molar-refractivity contribution is 7.98. The van der Waals surface area contributed by atoms with Gasteiger partial charge in [0.25, 0.3) is 0 Å². The van der Waals surface area contributed by atoms with E-state index in [0.29, 0.717) is 5.16 Å². The van der Waals surface area contributed by atoms with E-state index >= 15 is 0 Å². The van der Waals surface area contributed by atoms with Gasteiger partial charge in [-0.25, -0.2) is 4.98 Å². The number of aromatic nitrogens is 2. The molecular weight excluding hydrogens is 288 g/mol. The highest BCUT2D eigenvalue weighted by atomic mass is 32.2. The van der Waals surface area contributed by atoms with Crippen LogP contribution in [0.3, 0.4) is 0 Å². The van der Waals surface area contributed by atoms with E-state index in [1.165, 1.54) is 27.1 Å². The molecule has 1 N–H and O–H groups in total. The molecular formula is C15H14N2OS2. The van der Waals surface area contributed by atoms with Crippen LogP contribution in [0.2, 0.25) is 0 Å². The Labute approximate surface area is 126 Å². The Bertz CT molecular complexity index is 663. The van der Waals surface area contributed by atoms with Gasteiger partial charge in [0, 0.05) is 27.3 Å². The summed E-state index contributed by atoms with van der Waals surface area (Å²) in [4.78, 5) is 10.7. The highest BCUT2D eigenvalue weighted by Crippen LogP contribution is 2.29. The second-order valence-corrected chi connectivity index (χ2v) is 6.31. The average molecular weight is 302 g/mol. The van der Waals surface area contributed by atoms with E-state index in [0.717, 1.165) is 11.4 Å².